The highest BCUT2D eigenvalue weighted by Gasteiger charge is 2.69. The number of rotatable bonds is 12. The first-order chi connectivity index (χ1) is 17.6. The summed E-state index contributed by atoms with van der Waals surface area (Å²) in [6.45, 7) is 0. The van der Waals surface area contributed by atoms with E-state index in [1.165, 1.54) is 33.5 Å². The number of carboxylic acids is 1. The van der Waals surface area contributed by atoms with Crippen molar-refractivity contribution in [3.05, 3.63) is 41.3 Å². The Morgan fingerprint density at radius 3 is 1.87 bits per heavy atom. The number of sulfonamides is 1. The van der Waals surface area contributed by atoms with E-state index in [-0.39, 0.29) is 22.7 Å². The zero-order valence-electron chi connectivity index (χ0n) is 20.1. The van der Waals surface area contributed by atoms with Crippen molar-refractivity contribution in [3.63, 3.8) is 0 Å². The third-order valence-electron chi connectivity index (χ3n) is 4.71. The summed E-state index contributed by atoms with van der Waals surface area (Å²) in [5.74, 6) is -18.3. The molecule has 2 rings (SSSR count). The average molecular weight is 567 g/mol. The van der Waals surface area contributed by atoms with Crippen LogP contribution in [0.4, 0.5) is 23.2 Å². The molecule has 2 N–H and O–H groups in total. The summed E-state index contributed by atoms with van der Waals surface area (Å²) in [4.78, 5) is 22.2. The Bertz CT molecular complexity index is 1320. The van der Waals surface area contributed by atoms with Crippen molar-refractivity contribution in [2.75, 3.05) is 33.2 Å². The maximum absolute atomic E-state index is 13.8. The van der Waals surface area contributed by atoms with Gasteiger partial charge in [0.05, 0.1) is 45.1 Å². The van der Waals surface area contributed by atoms with Gasteiger partial charge in [-0.25, -0.2) is 18.0 Å². The molecule has 0 aliphatic carbocycles. The maximum atomic E-state index is 13.8. The van der Waals surface area contributed by atoms with Gasteiger partial charge in [-0.15, -0.1) is 0 Å². The van der Waals surface area contributed by atoms with E-state index in [9.17, 15) is 35.6 Å². The number of aliphatic carboxylic acids is 1. The monoisotopic (exact) mass is 567 g/mol. The Hall–Kier alpha value is -4.21. The lowest BCUT2D eigenvalue weighted by atomic mass is 10.1. The number of anilines is 1. The Balaban J connectivity index is 2.37. The van der Waals surface area contributed by atoms with E-state index in [2.05, 4.69) is 4.74 Å². The highest BCUT2D eigenvalue weighted by Crippen LogP contribution is 2.39. The average Bonchev–Trinajstić information content (AvgIpc) is 2.86. The van der Waals surface area contributed by atoms with E-state index in [4.69, 9.17) is 24.1 Å². The van der Waals surface area contributed by atoms with E-state index >= 15 is 0 Å². The number of benzene rings is 2. The number of methoxy groups -OCH3 is 4. The number of nitrogens with one attached hydrogen (secondary N) is 1. The molecule has 0 saturated heterocycles. The van der Waals surface area contributed by atoms with Crippen molar-refractivity contribution in [2.45, 2.75) is 11.8 Å². The SMILES string of the molecule is COc1cc(OC)c(/C=C/S(=O)(=O)Nc2ccc(OC)c(OC(=O)C(F)(F)C(F)(F)C(=O)O)c2)c(OC)c1. The predicted molar refractivity (Wildman–Crippen MR) is 124 cm³/mol. The number of esters is 1. The highest BCUT2D eigenvalue weighted by molar-refractivity contribution is 7.95. The Morgan fingerprint density at radius 1 is 0.842 bits per heavy atom. The number of ether oxygens (including phenoxy) is 5. The smallest absolute Gasteiger partial charge is 0.416 e. The van der Waals surface area contributed by atoms with Gasteiger partial charge in [0.25, 0.3) is 10.0 Å². The standard InChI is InChI=1S/C22H21F4NO10S/c1-33-13-10-16(35-3)14(17(11-13)36-4)7-8-38(31,32)27-12-5-6-15(34-2)18(9-12)37-20(30)22(25,26)21(23,24)19(28)29/h5-11,27H,1-4H3,(H,28,29)/b8-7+. The molecule has 208 valence electrons. The molecule has 0 aliphatic heterocycles. The summed E-state index contributed by atoms with van der Waals surface area (Å²) >= 11 is 0. The third-order valence-corrected chi connectivity index (χ3v) is 5.73. The van der Waals surface area contributed by atoms with Gasteiger partial charge in [0.15, 0.2) is 11.5 Å². The van der Waals surface area contributed by atoms with Crippen LogP contribution in [0.2, 0.25) is 0 Å². The Morgan fingerprint density at radius 2 is 1.39 bits per heavy atom. The molecule has 0 amide bonds. The molecule has 0 spiro atoms. The second-order valence-corrected chi connectivity index (χ2v) is 8.67. The van der Waals surface area contributed by atoms with Gasteiger partial charge in [-0.05, 0) is 18.2 Å². The largest absolute Gasteiger partial charge is 0.496 e. The fourth-order valence-electron chi connectivity index (χ4n) is 2.80. The van der Waals surface area contributed by atoms with Gasteiger partial charge in [0.1, 0.15) is 17.2 Å². The zero-order valence-corrected chi connectivity index (χ0v) is 20.9. The van der Waals surface area contributed by atoms with Crippen molar-refractivity contribution < 1.29 is 64.4 Å². The number of alkyl halides is 4. The molecule has 0 bridgehead atoms. The Labute approximate surface area is 213 Å². The van der Waals surface area contributed by atoms with E-state index < -0.39 is 45.3 Å². The fourth-order valence-corrected chi connectivity index (χ4v) is 3.64. The van der Waals surface area contributed by atoms with Crippen LogP contribution in [0.5, 0.6) is 28.7 Å². The fraction of sp³-hybridized carbons (Fsp3) is 0.273. The van der Waals surface area contributed by atoms with Gasteiger partial charge in [-0.2, -0.15) is 17.6 Å². The van der Waals surface area contributed by atoms with Crippen LogP contribution in [0.1, 0.15) is 5.56 Å². The summed E-state index contributed by atoms with van der Waals surface area (Å²) < 4.78 is 106. The van der Waals surface area contributed by atoms with Gasteiger partial charge in [0, 0.05) is 18.2 Å². The molecular weight excluding hydrogens is 546 g/mol. The van der Waals surface area contributed by atoms with Crippen LogP contribution in [0.15, 0.2) is 35.7 Å². The summed E-state index contributed by atoms with van der Waals surface area (Å²) in [7, 11) is 0.742. The molecular formula is C22H21F4NO10S. The molecule has 0 aromatic heterocycles. The number of carboxylic acid groups (broad SMARTS) is 1. The molecule has 2 aromatic rings. The molecule has 0 radical (unpaired) electrons. The van der Waals surface area contributed by atoms with Crippen LogP contribution in [-0.2, 0) is 19.6 Å². The lowest BCUT2D eigenvalue weighted by Crippen LogP contribution is -2.53. The van der Waals surface area contributed by atoms with E-state index in [0.29, 0.717) is 17.2 Å². The predicted octanol–water partition coefficient (Wildman–Crippen LogP) is 3.39. The second kappa shape index (κ2) is 11.5. The van der Waals surface area contributed by atoms with Crippen LogP contribution in [-0.4, -0.2) is 65.7 Å². The van der Waals surface area contributed by atoms with E-state index in [0.717, 1.165) is 25.3 Å². The lowest BCUT2D eigenvalue weighted by molar-refractivity contribution is -0.229. The molecule has 0 aliphatic rings. The van der Waals surface area contributed by atoms with Crippen LogP contribution in [0.3, 0.4) is 0 Å². The number of carbonyl (C=O) groups is 2. The highest BCUT2D eigenvalue weighted by atomic mass is 32.2. The van der Waals surface area contributed by atoms with Gasteiger partial charge < -0.3 is 28.8 Å². The van der Waals surface area contributed by atoms with Crippen LogP contribution in [0.25, 0.3) is 6.08 Å². The summed E-state index contributed by atoms with van der Waals surface area (Å²) in [6, 6.07) is 5.69. The van der Waals surface area contributed by atoms with E-state index in [1.807, 2.05) is 4.72 Å². The molecule has 0 saturated carbocycles. The summed E-state index contributed by atoms with van der Waals surface area (Å²) in [5, 5.41) is 9.03. The summed E-state index contributed by atoms with van der Waals surface area (Å²) in [6.07, 6.45) is 1.12. The van der Waals surface area contributed by atoms with E-state index in [1.54, 1.807) is 0 Å². The number of carbonyl (C=O) groups excluding carboxylic acids is 1. The van der Waals surface area contributed by atoms with Crippen LogP contribution in [0, 0.1) is 0 Å². The zero-order chi connectivity index (χ0) is 28.9. The minimum atomic E-state index is -5.79. The van der Waals surface area contributed by atoms with Gasteiger partial charge in [-0.1, -0.05) is 0 Å². The van der Waals surface area contributed by atoms with Crippen molar-refractivity contribution in [3.8, 4) is 28.7 Å². The van der Waals surface area contributed by atoms with Gasteiger partial charge in [-0.3, -0.25) is 4.72 Å². The normalized spacial score (nSPS) is 12.1. The number of hydrogen-bond donors (Lipinski definition) is 2. The second-order valence-electron chi connectivity index (χ2n) is 7.10. The van der Waals surface area contributed by atoms with Crippen molar-refractivity contribution in [1.29, 1.82) is 0 Å². The third kappa shape index (κ3) is 6.37. The first-order valence-corrected chi connectivity index (χ1v) is 11.6. The molecule has 2 aromatic carbocycles. The quantitative estimate of drug-likeness (QED) is 0.222. The molecule has 38 heavy (non-hydrogen) atoms. The summed E-state index contributed by atoms with van der Waals surface area (Å²) in [5.41, 5.74) is -0.146. The molecule has 0 atom stereocenters. The van der Waals surface area contributed by atoms with Crippen molar-refractivity contribution >= 4 is 33.7 Å². The van der Waals surface area contributed by atoms with Gasteiger partial charge >= 0.3 is 23.8 Å². The molecule has 0 fully saturated rings. The Kier molecular flexibility index (Phi) is 9.05. The van der Waals surface area contributed by atoms with Crippen molar-refractivity contribution in [2.24, 2.45) is 0 Å². The van der Waals surface area contributed by atoms with Crippen molar-refractivity contribution in [1.82, 2.24) is 0 Å². The molecule has 11 nitrogen and oxygen atoms in total. The first kappa shape index (κ1) is 30.0. The maximum Gasteiger partial charge on any atom is 0.416 e. The lowest BCUT2D eigenvalue weighted by Gasteiger charge is -2.21. The number of hydrogen-bond acceptors (Lipinski definition) is 9. The molecule has 0 unspecified atom stereocenters. The first-order valence-electron chi connectivity index (χ1n) is 10.0. The molecule has 16 heteroatoms. The number of halogens is 4. The minimum absolute atomic E-state index is 0.199. The topological polar surface area (TPSA) is 147 Å². The van der Waals surface area contributed by atoms with Gasteiger partial charge in [0.2, 0.25) is 0 Å². The molecule has 0 heterocycles. The van der Waals surface area contributed by atoms with Crippen LogP contribution >= 0.6 is 0 Å². The van der Waals surface area contributed by atoms with Crippen LogP contribution < -0.4 is 28.4 Å². The minimum Gasteiger partial charge on any atom is -0.496 e.